The van der Waals surface area contributed by atoms with Gasteiger partial charge in [0.25, 0.3) is 0 Å². The Morgan fingerprint density at radius 2 is 2.00 bits per heavy atom. The summed E-state index contributed by atoms with van der Waals surface area (Å²) in [5.74, 6) is 0.564. The summed E-state index contributed by atoms with van der Waals surface area (Å²) in [4.78, 5) is 0.631. The van der Waals surface area contributed by atoms with Gasteiger partial charge in [-0.3, -0.25) is 0 Å². The van der Waals surface area contributed by atoms with E-state index in [1.807, 2.05) is 12.1 Å². The Labute approximate surface area is 109 Å². The van der Waals surface area contributed by atoms with Gasteiger partial charge in [0.2, 0.25) is 0 Å². The molecule has 0 radical (unpaired) electrons. The van der Waals surface area contributed by atoms with Crippen molar-refractivity contribution in [3.63, 3.8) is 0 Å². The maximum atomic E-state index is 6.23. The van der Waals surface area contributed by atoms with Crippen molar-refractivity contribution in [1.82, 2.24) is 0 Å². The van der Waals surface area contributed by atoms with Crippen LogP contribution in [0.5, 0.6) is 0 Å². The Bertz CT molecular complexity index is 351. The van der Waals surface area contributed by atoms with Crippen LogP contribution < -0.4 is 0 Å². The van der Waals surface area contributed by atoms with Gasteiger partial charge in [0, 0.05) is 4.83 Å². The zero-order chi connectivity index (χ0) is 10.8. The second kappa shape index (κ2) is 5.07. The Balaban J connectivity index is 2.24. The lowest BCUT2D eigenvalue weighted by Crippen LogP contribution is -2.13. The molecule has 82 valence electrons. The molecule has 0 nitrogen and oxygen atoms in total. The van der Waals surface area contributed by atoms with E-state index < -0.39 is 0 Å². The first-order chi connectivity index (χ1) is 7.18. The fourth-order valence-corrected chi connectivity index (χ4v) is 3.49. The van der Waals surface area contributed by atoms with Gasteiger partial charge >= 0.3 is 0 Å². The van der Waals surface area contributed by atoms with Crippen molar-refractivity contribution >= 4 is 39.1 Å². The normalized spacial score (nSPS) is 26.6. The van der Waals surface area contributed by atoms with Gasteiger partial charge < -0.3 is 0 Å². The van der Waals surface area contributed by atoms with Crippen LogP contribution in [0.25, 0.3) is 0 Å². The Morgan fingerprint density at radius 1 is 1.20 bits per heavy atom. The zero-order valence-electron chi connectivity index (χ0n) is 8.35. The predicted molar refractivity (Wildman–Crippen MR) is 70.4 cm³/mol. The molecule has 1 aliphatic rings. The lowest BCUT2D eigenvalue weighted by molar-refractivity contribution is 0.458. The first-order valence-corrected chi connectivity index (χ1v) is 6.93. The Kier molecular flexibility index (Phi) is 3.98. The van der Waals surface area contributed by atoms with E-state index >= 15 is 0 Å². The highest BCUT2D eigenvalue weighted by Gasteiger charge is 2.23. The largest absolute Gasteiger partial charge is 0.0890 e. The summed E-state index contributed by atoms with van der Waals surface area (Å²) < 4.78 is 0. The van der Waals surface area contributed by atoms with Crippen molar-refractivity contribution in [3.8, 4) is 0 Å². The molecule has 0 aromatic heterocycles. The van der Waals surface area contributed by atoms with E-state index in [4.69, 9.17) is 23.2 Å². The summed E-state index contributed by atoms with van der Waals surface area (Å²) in [6, 6.07) is 5.94. The third-order valence-electron chi connectivity index (χ3n) is 3.03. The molecule has 1 aromatic rings. The minimum atomic E-state index is 0.564. The van der Waals surface area contributed by atoms with Crippen molar-refractivity contribution in [2.45, 2.75) is 36.4 Å². The summed E-state index contributed by atoms with van der Waals surface area (Å²) in [5, 5.41) is 1.41. The second-order valence-corrected chi connectivity index (χ2v) is 6.18. The van der Waals surface area contributed by atoms with Crippen molar-refractivity contribution in [3.05, 3.63) is 33.8 Å². The highest BCUT2D eigenvalue weighted by atomic mass is 79.9. The predicted octanol–water partition coefficient (Wildman–Crippen LogP) is 5.41. The number of benzene rings is 1. The van der Waals surface area contributed by atoms with Crippen LogP contribution in [0.15, 0.2) is 18.2 Å². The molecule has 0 N–H and O–H groups in total. The maximum Gasteiger partial charge on any atom is 0.0627 e. The van der Waals surface area contributed by atoms with Crippen LogP contribution in [0, 0.1) is 0 Å². The number of halogens is 3. The lowest BCUT2D eigenvalue weighted by Gasteiger charge is -2.26. The molecule has 1 fully saturated rings. The average Bonchev–Trinajstić information content (AvgIpc) is 2.22. The molecule has 15 heavy (non-hydrogen) atoms. The van der Waals surface area contributed by atoms with Gasteiger partial charge in [0.1, 0.15) is 0 Å². The van der Waals surface area contributed by atoms with Gasteiger partial charge in [-0.05, 0) is 36.8 Å². The van der Waals surface area contributed by atoms with E-state index in [1.54, 1.807) is 0 Å². The molecule has 1 aromatic carbocycles. The first kappa shape index (κ1) is 11.8. The van der Waals surface area contributed by atoms with Crippen molar-refractivity contribution in [1.29, 1.82) is 0 Å². The Morgan fingerprint density at radius 3 is 2.73 bits per heavy atom. The molecular formula is C12H13BrCl2. The van der Waals surface area contributed by atoms with Crippen LogP contribution in [0.4, 0.5) is 0 Å². The monoisotopic (exact) mass is 306 g/mol. The van der Waals surface area contributed by atoms with Gasteiger partial charge in [0.15, 0.2) is 0 Å². The number of rotatable bonds is 1. The molecule has 0 saturated heterocycles. The van der Waals surface area contributed by atoms with Gasteiger partial charge in [-0.1, -0.05) is 57.7 Å². The third-order valence-corrected chi connectivity index (χ3v) is 4.70. The molecule has 0 amide bonds. The van der Waals surface area contributed by atoms with E-state index in [2.05, 4.69) is 22.0 Å². The van der Waals surface area contributed by atoms with E-state index in [1.165, 1.54) is 31.2 Å². The summed E-state index contributed by atoms with van der Waals surface area (Å²) in [5.41, 5.74) is 1.22. The molecule has 2 atom stereocenters. The lowest BCUT2D eigenvalue weighted by atomic mass is 9.84. The molecule has 2 unspecified atom stereocenters. The maximum absolute atomic E-state index is 6.23. The summed E-state index contributed by atoms with van der Waals surface area (Å²) in [6.07, 6.45) is 4.93. The zero-order valence-corrected chi connectivity index (χ0v) is 11.4. The van der Waals surface area contributed by atoms with E-state index in [9.17, 15) is 0 Å². The van der Waals surface area contributed by atoms with Gasteiger partial charge in [-0.25, -0.2) is 0 Å². The van der Waals surface area contributed by atoms with Crippen LogP contribution in [-0.4, -0.2) is 4.83 Å². The summed E-state index contributed by atoms with van der Waals surface area (Å²) in [6.45, 7) is 0. The molecule has 0 spiro atoms. The SMILES string of the molecule is Clc1cccc(C2CCCC(Br)C2)c1Cl. The van der Waals surface area contributed by atoms with Gasteiger partial charge in [-0.15, -0.1) is 0 Å². The van der Waals surface area contributed by atoms with E-state index in [0.717, 1.165) is 5.02 Å². The van der Waals surface area contributed by atoms with Crippen LogP contribution in [0.2, 0.25) is 10.0 Å². The fraction of sp³-hybridized carbons (Fsp3) is 0.500. The van der Waals surface area contributed by atoms with E-state index in [-0.39, 0.29) is 0 Å². The number of hydrogen-bond donors (Lipinski definition) is 0. The fourth-order valence-electron chi connectivity index (χ4n) is 2.25. The van der Waals surface area contributed by atoms with Crippen molar-refractivity contribution in [2.24, 2.45) is 0 Å². The number of hydrogen-bond acceptors (Lipinski definition) is 0. The van der Waals surface area contributed by atoms with Gasteiger partial charge in [0.05, 0.1) is 10.0 Å². The highest BCUT2D eigenvalue weighted by molar-refractivity contribution is 9.09. The molecule has 0 aliphatic heterocycles. The van der Waals surface area contributed by atoms with Crippen LogP contribution in [0.1, 0.15) is 37.2 Å². The van der Waals surface area contributed by atoms with Gasteiger partial charge in [-0.2, -0.15) is 0 Å². The molecule has 0 heterocycles. The molecule has 3 heteroatoms. The van der Waals surface area contributed by atoms with Crippen molar-refractivity contribution in [2.75, 3.05) is 0 Å². The first-order valence-electron chi connectivity index (χ1n) is 5.26. The van der Waals surface area contributed by atoms with Crippen molar-refractivity contribution < 1.29 is 0 Å². The molecular weight excluding hydrogens is 295 g/mol. The minimum Gasteiger partial charge on any atom is -0.0890 e. The Hall–Kier alpha value is 0.280. The summed E-state index contributed by atoms with van der Waals surface area (Å²) >= 11 is 15.9. The summed E-state index contributed by atoms with van der Waals surface area (Å²) in [7, 11) is 0. The third kappa shape index (κ3) is 2.69. The number of alkyl halides is 1. The highest BCUT2D eigenvalue weighted by Crippen LogP contribution is 2.40. The molecule has 1 aliphatic carbocycles. The molecule has 2 rings (SSSR count). The topological polar surface area (TPSA) is 0 Å². The standard InChI is InChI=1S/C12H13BrCl2/c13-9-4-1-3-8(7-9)10-5-2-6-11(14)12(10)15/h2,5-6,8-9H,1,3-4,7H2. The van der Waals surface area contributed by atoms with Crippen LogP contribution >= 0.6 is 39.1 Å². The second-order valence-electron chi connectivity index (χ2n) is 4.10. The molecule has 0 bridgehead atoms. The van der Waals surface area contributed by atoms with Crippen LogP contribution in [-0.2, 0) is 0 Å². The van der Waals surface area contributed by atoms with Crippen LogP contribution in [0.3, 0.4) is 0 Å². The minimum absolute atomic E-state index is 0.564. The van der Waals surface area contributed by atoms with E-state index in [0.29, 0.717) is 15.8 Å². The quantitative estimate of drug-likeness (QED) is 0.608. The molecule has 1 saturated carbocycles. The average molecular weight is 308 g/mol. The smallest absolute Gasteiger partial charge is 0.0627 e.